The molecule has 0 spiro atoms. The number of carbonyl (C=O) groups is 2. The number of pyridine rings is 1. The molecule has 2 aromatic heterocycles. The number of halogens is 1. The van der Waals surface area contributed by atoms with Crippen molar-refractivity contribution in [3.05, 3.63) is 60.2 Å². The van der Waals surface area contributed by atoms with Crippen LogP contribution in [0.2, 0.25) is 0 Å². The summed E-state index contributed by atoms with van der Waals surface area (Å²) in [4.78, 5) is 25.8. The Hall–Kier alpha value is -4.08. The highest BCUT2D eigenvalue weighted by Gasteiger charge is 2.16. The van der Waals surface area contributed by atoms with Gasteiger partial charge in [-0.2, -0.15) is 0 Å². The molecule has 27 heavy (non-hydrogen) atoms. The first-order valence-electron chi connectivity index (χ1n) is 7.43. The molecule has 2 heterocycles. The molecule has 0 aliphatic carbocycles. The fraction of sp³-hybridized carbons (Fsp3) is 0. The van der Waals surface area contributed by atoms with Gasteiger partial charge in [0.1, 0.15) is 17.3 Å². The third-order valence-electron chi connectivity index (χ3n) is 3.26. The molecule has 3 N–H and O–H groups in total. The standard InChI is InChI=1S/C17H11FN4O5/c18-10-2-1-3-11(7-10)27-14-5-4-12(21-22-14)9-6-13(23)15(19-8-9)16(24)20-17(25)26/h1-8,23H,(H,20,24)(H,25,26). The summed E-state index contributed by atoms with van der Waals surface area (Å²) < 4.78 is 18.5. The van der Waals surface area contributed by atoms with E-state index in [-0.39, 0.29) is 11.6 Å². The van der Waals surface area contributed by atoms with Gasteiger partial charge in [0.05, 0.1) is 5.69 Å². The molecule has 0 bridgehead atoms. The average Bonchev–Trinajstić information content (AvgIpc) is 2.61. The summed E-state index contributed by atoms with van der Waals surface area (Å²) in [6.07, 6.45) is -0.335. The maximum Gasteiger partial charge on any atom is 0.411 e. The number of rotatable bonds is 4. The van der Waals surface area contributed by atoms with E-state index in [0.717, 1.165) is 0 Å². The Morgan fingerprint density at radius 1 is 1.11 bits per heavy atom. The van der Waals surface area contributed by atoms with Gasteiger partial charge in [-0.3, -0.25) is 10.1 Å². The van der Waals surface area contributed by atoms with Crippen LogP contribution in [0.25, 0.3) is 11.3 Å². The van der Waals surface area contributed by atoms with Gasteiger partial charge in [-0.25, -0.2) is 14.2 Å². The zero-order valence-corrected chi connectivity index (χ0v) is 13.5. The van der Waals surface area contributed by atoms with Crippen LogP contribution in [0.5, 0.6) is 17.4 Å². The number of carbonyl (C=O) groups excluding carboxylic acids is 1. The average molecular weight is 370 g/mol. The lowest BCUT2D eigenvalue weighted by atomic mass is 10.1. The maximum absolute atomic E-state index is 13.1. The predicted octanol–water partition coefficient (Wildman–Crippen LogP) is 2.58. The van der Waals surface area contributed by atoms with Crippen LogP contribution in [0.15, 0.2) is 48.7 Å². The fourth-order valence-electron chi connectivity index (χ4n) is 2.10. The Morgan fingerprint density at radius 2 is 1.93 bits per heavy atom. The minimum Gasteiger partial charge on any atom is -0.505 e. The van der Waals surface area contributed by atoms with E-state index in [1.54, 1.807) is 11.4 Å². The number of aromatic nitrogens is 3. The normalized spacial score (nSPS) is 10.3. The minimum atomic E-state index is -1.56. The van der Waals surface area contributed by atoms with Crippen LogP contribution >= 0.6 is 0 Å². The molecule has 0 aliphatic heterocycles. The van der Waals surface area contributed by atoms with Gasteiger partial charge in [0.15, 0.2) is 5.69 Å². The lowest BCUT2D eigenvalue weighted by Gasteiger charge is -2.06. The van der Waals surface area contributed by atoms with E-state index in [9.17, 15) is 19.1 Å². The Morgan fingerprint density at radius 3 is 2.56 bits per heavy atom. The predicted molar refractivity (Wildman–Crippen MR) is 88.9 cm³/mol. The molecule has 10 heteroatoms. The second-order valence-corrected chi connectivity index (χ2v) is 5.17. The summed E-state index contributed by atoms with van der Waals surface area (Å²) in [5.74, 6) is -1.65. The second-order valence-electron chi connectivity index (χ2n) is 5.17. The van der Waals surface area contributed by atoms with Crippen LogP contribution in [0.4, 0.5) is 9.18 Å². The molecule has 0 unspecified atom stereocenters. The quantitative estimate of drug-likeness (QED) is 0.638. The molecule has 3 rings (SSSR count). The van der Waals surface area contributed by atoms with E-state index >= 15 is 0 Å². The molecule has 3 aromatic rings. The van der Waals surface area contributed by atoms with Gasteiger partial charge in [-0.15, -0.1) is 10.2 Å². The summed E-state index contributed by atoms with van der Waals surface area (Å²) in [5, 5.41) is 27.8. The molecule has 0 fully saturated rings. The Labute approximate surface area is 151 Å². The van der Waals surface area contributed by atoms with Gasteiger partial charge >= 0.3 is 6.09 Å². The molecule has 0 aliphatic rings. The molecule has 136 valence electrons. The summed E-state index contributed by atoms with van der Waals surface area (Å²) in [6, 6.07) is 9.72. The number of amides is 2. The number of imide groups is 1. The van der Waals surface area contributed by atoms with Crippen molar-refractivity contribution >= 4 is 12.0 Å². The number of carboxylic acid groups (broad SMARTS) is 1. The Balaban J connectivity index is 1.78. The van der Waals surface area contributed by atoms with E-state index in [4.69, 9.17) is 9.84 Å². The van der Waals surface area contributed by atoms with Crippen molar-refractivity contribution in [3.63, 3.8) is 0 Å². The zero-order valence-electron chi connectivity index (χ0n) is 13.5. The number of nitrogens with zero attached hydrogens (tertiary/aromatic N) is 3. The molecule has 0 radical (unpaired) electrons. The third-order valence-corrected chi connectivity index (χ3v) is 3.26. The van der Waals surface area contributed by atoms with Crippen molar-refractivity contribution < 1.29 is 28.9 Å². The van der Waals surface area contributed by atoms with Gasteiger partial charge < -0.3 is 14.9 Å². The van der Waals surface area contributed by atoms with Crippen LogP contribution in [-0.2, 0) is 0 Å². The highest BCUT2D eigenvalue weighted by atomic mass is 19.1. The van der Waals surface area contributed by atoms with Gasteiger partial charge in [0.25, 0.3) is 5.91 Å². The number of aromatic hydroxyl groups is 1. The smallest absolute Gasteiger partial charge is 0.411 e. The van der Waals surface area contributed by atoms with E-state index in [2.05, 4.69) is 15.2 Å². The molecule has 0 saturated carbocycles. The summed E-state index contributed by atoms with van der Waals surface area (Å²) >= 11 is 0. The topological polar surface area (TPSA) is 135 Å². The first-order valence-corrected chi connectivity index (χ1v) is 7.43. The monoisotopic (exact) mass is 370 g/mol. The number of hydrogen-bond acceptors (Lipinski definition) is 7. The first-order chi connectivity index (χ1) is 12.9. The highest BCUT2D eigenvalue weighted by molar-refractivity contribution is 6.02. The van der Waals surface area contributed by atoms with Crippen LogP contribution in [0, 0.1) is 5.82 Å². The lowest BCUT2D eigenvalue weighted by Crippen LogP contribution is -2.29. The highest BCUT2D eigenvalue weighted by Crippen LogP contribution is 2.25. The molecule has 2 amide bonds. The van der Waals surface area contributed by atoms with Gasteiger partial charge in [-0.05, 0) is 24.3 Å². The molecule has 0 saturated heterocycles. The van der Waals surface area contributed by atoms with Gasteiger partial charge in [0, 0.05) is 23.9 Å². The zero-order chi connectivity index (χ0) is 19.4. The van der Waals surface area contributed by atoms with Crippen LogP contribution in [-0.4, -0.2) is 37.4 Å². The van der Waals surface area contributed by atoms with Crippen LogP contribution in [0.3, 0.4) is 0 Å². The van der Waals surface area contributed by atoms with Gasteiger partial charge in [0.2, 0.25) is 5.88 Å². The van der Waals surface area contributed by atoms with Crippen molar-refractivity contribution in [2.75, 3.05) is 0 Å². The number of ether oxygens (including phenoxy) is 1. The van der Waals surface area contributed by atoms with E-state index in [0.29, 0.717) is 11.3 Å². The first kappa shape index (κ1) is 17.7. The van der Waals surface area contributed by atoms with Crippen molar-refractivity contribution in [3.8, 4) is 28.6 Å². The van der Waals surface area contributed by atoms with E-state index in [1.807, 2.05) is 0 Å². The summed E-state index contributed by atoms with van der Waals surface area (Å²) in [7, 11) is 0. The number of benzene rings is 1. The van der Waals surface area contributed by atoms with Crippen molar-refractivity contribution in [1.82, 2.24) is 20.5 Å². The number of nitrogens with one attached hydrogen (secondary N) is 1. The molecule has 9 nitrogen and oxygen atoms in total. The lowest BCUT2D eigenvalue weighted by molar-refractivity contribution is 0.0940. The molecule has 1 aromatic carbocycles. The fourth-order valence-corrected chi connectivity index (χ4v) is 2.10. The van der Waals surface area contributed by atoms with Crippen LogP contribution in [0.1, 0.15) is 10.5 Å². The molecular weight excluding hydrogens is 359 g/mol. The summed E-state index contributed by atoms with van der Waals surface area (Å²) in [5.41, 5.74) is 0.207. The minimum absolute atomic E-state index is 0.124. The molecule has 0 atom stereocenters. The summed E-state index contributed by atoms with van der Waals surface area (Å²) in [6.45, 7) is 0. The SMILES string of the molecule is O=C(O)NC(=O)c1ncc(-c2ccc(Oc3cccc(F)c3)nn2)cc1O. The maximum atomic E-state index is 13.1. The third kappa shape index (κ3) is 4.31. The van der Waals surface area contributed by atoms with E-state index < -0.39 is 29.3 Å². The van der Waals surface area contributed by atoms with Crippen molar-refractivity contribution in [1.29, 1.82) is 0 Å². The largest absolute Gasteiger partial charge is 0.505 e. The number of hydrogen-bond donors (Lipinski definition) is 3. The van der Waals surface area contributed by atoms with E-state index in [1.165, 1.54) is 42.6 Å². The second kappa shape index (κ2) is 7.44. The Kier molecular flexibility index (Phi) is 4.88. The Bertz CT molecular complexity index is 1010. The van der Waals surface area contributed by atoms with Crippen molar-refractivity contribution in [2.45, 2.75) is 0 Å². The van der Waals surface area contributed by atoms with Crippen molar-refractivity contribution in [2.24, 2.45) is 0 Å². The van der Waals surface area contributed by atoms with Crippen LogP contribution < -0.4 is 10.1 Å². The van der Waals surface area contributed by atoms with Gasteiger partial charge in [-0.1, -0.05) is 6.07 Å². The molecular formula is C17H11FN4O5.